The number of likely N-dealkylation sites (N-methyl/N-ethyl adjacent to an activating group) is 1. The fraction of sp³-hybridized carbons (Fsp3) is 0.600. The molecule has 1 unspecified atom stereocenters. The molecule has 0 aromatic carbocycles. The molecule has 2 heterocycles. The molecule has 1 aliphatic heterocycles. The zero-order valence-corrected chi connectivity index (χ0v) is 12.3. The van der Waals surface area contributed by atoms with Crippen molar-refractivity contribution in [3.05, 3.63) is 24.0 Å². The van der Waals surface area contributed by atoms with Gasteiger partial charge in [-0.3, -0.25) is 9.78 Å². The van der Waals surface area contributed by atoms with E-state index in [1.165, 1.54) is 6.42 Å². The summed E-state index contributed by atoms with van der Waals surface area (Å²) in [7, 11) is 1.81. The highest BCUT2D eigenvalue weighted by Gasteiger charge is 2.20. The van der Waals surface area contributed by atoms with Gasteiger partial charge in [-0.25, -0.2) is 0 Å². The fourth-order valence-corrected chi connectivity index (χ4v) is 2.40. The maximum absolute atomic E-state index is 12.4. The van der Waals surface area contributed by atoms with Crippen LogP contribution in [0.2, 0.25) is 0 Å². The lowest BCUT2D eigenvalue weighted by Crippen LogP contribution is -2.37. The molecule has 0 saturated carbocycles. The first-order valence-corrected chi connectivity index (χ1v) is 7.27. The van der Waals surface area contributed by atoms with Gasteiger partial charge in [-0.2, -0.15) is 0 Å². The number of rotatable bonds is 5. The molecule has 1 aliphatic rings. The number of anilines is 1. The Morgan fingerprint density at radius 2 is 2.40 bits per heavy atom. The summed E-state index contributed by atoms with van der Waals surface area (Å²) in [5.74, 6) is -0.0565. The molecule has 0 bridgehead atoms. The van der Waals surface area contributed by atoms with E-state index in [1.54, 1.807) is 17.2 Å². The van der Waals surface area contributed by atoms with Gasteiger partial charge in [0.05, 0.1) is 6.10 Å². The highest BCUT2D eigenvalue weighted by molar-refractivity contribution is 5.93. The number of ether oxygens (including phenoxy) is 1. The molecule has 110 valence electrons. The van der Waals surface area contributed by atoms with Crippen LogP contribution in [-0.2, 0) is 4.74 Å². The molecule has 1 amide bonds. The van der Waals surface area contributed by atoms with Crippen LogP contribution >= 0.6 is 0 Å². The molecule has 0 radical (unpaired) electrons. The van der Waals surface area contributed by atoms with Crippen molar-refractivity contribution in [2.75, 3.05) is 32.1 Å². The third-order valence-corrected chi connectivity index (χ3v) is 3.46. The summed E-state index contributed by atoms with van der Waals surface area (Å²) in [5.41, 5.74) is 1.40. The minimum absolute atomic E-state index is 0.0565. The number of nitrogens with one attached hydrogen (secondary N) is 1. The van der Waals surface area contributed by atoms with Gasteiger partial charge in [0.15, 0.2) is 0 Å². The lowest BCUT2D eigenvalue weighted by molar-refractivity contribution is -0.000288. The summed E-state index contributed by atoms with van der Waals surface area (Å²) < 4.78 is 5.67. The molecule has 2 rings (SSSR count). The smallest absolute Gasteiger partial charge is 0.272 e. The van der Waals surface area contributed by atoms with Crippen molar-refractivity contribution < 1.29 is 9.53 Å². The number of pyridine rings is 1. The van der Waals surface area contributed by atoms with E-state index in [0.717, 1.165) is 31.7 Å². The third kappa shape index (κ3) is 3.93. The molecular weight excluding hydrogens is 254 g/mol. The van der Waals surface area contributed by atoms with Gasteiger partial charge < -0.3 is 15.0 Å². The van der Waals surface area contributed by atoms with E-state index in [0.29, 0.717) is 12.2 Å². The molecule has 1 aromatic heterocycles. The molecule has 1 atom stereocenters. The van der Waals surface area contributed by atoms with Gasteiger partial charge in [0.2, 0.25) is 0 Å². The molecule has 1 aromatic rings. The van der Waals surface area contributed by atoms with Crippen molar-refractivity contribution in [1.82, 2.24) is 9.88 Å². The average molecular weight is 277 g/mol. The summed E-state index contributed by atoms with van der Waals surface area (Å²) in [5, 5.41) is 3.19. The molecule has 5 heteroatoms. The maximum Gasteiger partial charge on any atom is 0.272 e. The predicted octanol–water partition coefficient (Wildman–Crippen LogP) is 2.15. The summed E-state index contributed by atoms with van der Waals surface area (Å²) in [4.78, 5) is 18.2. The molecule has 1 N–H and O–H groups in total. The average Bonchev–Trinajstić information content (AvgIpc) is 2.48. The Morgan fingerprint density at radius 1 is 1.55 bits per heavy atom. The van der Waals surface area contributed by atoms with Crippen molar-refractivity contribution >= 4 is 11.6 Å². The fourth-order valence-electron chi connectivity index (χ4n) is 2.40. The Hall–Kier alpha value is -1.62. The van der Waals surface area contributed by atoms with Crippen LogP contribution in [0.5, 0.6) is 0 Å². The topological polar surface area (TPSA) is 54.5 Å². The molecule has 5 nitrogen and oxygen atoms in total. The standard InChI is InChI=1S/C15H23N3O2/c1-3-16-12-7-8-17-14(10-12)15(19)18(2)11-13-6-4-5-9-20-13/h7-8,10,13H,3-6,9,11H2,1-2H3,(H,16,17). The van der Waals surface area contributed by atoms with Gasteiger partial charge in [-0.15, -0.1) is 0 Å². The first kappa shape index (κ1) is 14.8. The van der Waals surface area contributed by atoms with Crippen LogP contribution in [0, 0.1) is 0 Å². The lowest BCUT2D eigenvalue weighted by Gasteiger charge is -2.27. The number of carbonyl (C=O) groups is 1. The van der Waals surface area contributed by atoms with E-state index in [1.807, 2.05) is 20.0 Å². The van der Waals surface area contributed by atoms with E-state index >= 15 is 0 Å². The minimum Gasteiger partial charge on any atom is -0.385 e. The zero-order valence-electron chi connectivity index (χ0n) is 12.3. The normalized spacial score (nSPS) is 18.6. The van der Waals surface area contributed by atoms with Gasteiger partial charge in [0.1, 0.15) is 5.69 Å². The van der Waals surface area contributed by atoms with Gasteiger partial charge in [0.25, 0.3) is 5.91 Å². The molecule has 1 fully saturated rings. The van der Waals surface area contributed by atoms with Crippen molar-refractivity contribution in [1.29, 1.82) is 0 Å². The van der Waals surface area contributed by atoms with Crippen LogP contribution < -0.4 is 5.32 Å². The van der Waals surface area contributed by atoms with Gasteiger partial charge in [0, 0.05) is 38.6 Å². The number of hydrogen-bond donors (Lipinski definition) is 1. The van der Waals surface area contributed by atoms with E-state index in [-0.39, 0.29) is 12.0 Å². The van der Waals surface area contributed by atoms with Gasteiger partial charge >= 0.3 is 0 Å². The van der Waals surface area contributed by atoms with Crippen LogP contribution in [0.15, 0.2) is 18.3 Å². The second-order valence-corrected chi connectivity index (χ2v) is 5.13. The van der Waals surface area contributed by atoms with Crippen LogP contribution in [0.1, 0.15) is 36.7 Å². The van der Waals surface area contributed by atoms with Gasteiger partial charge in [-0.1, -0.05) is 0 Å². The first-order valence-electron chi connectivity index (χ1n) is 7.27. The number of nitrogens with zero attached hydrogens (tertiary/aromatic N) is 2. The molecule has 20 heavy (non-hydrogen) atoms. The Balaban J connectivity index is 1.96. The number of aromatic nitrogens is 1. The van der Waals surface area contributed by atoms with Crippen LogP contribution in [0.3, 0.4) is 0 Å². The largest absolute Gasteiger partial charge is 0.385 e. The van der Waals surface area contributed by atoms with Crippen molar-refractivity contribution in [2.45, 2.75) is 32.3 Å². The van der Waals surface area contributed by atoms with E-state index in [9.17, 15) is 4.79 Å². The molecule has 1 saturated heterocycles. The third-order valence-electron chi connectivity index (χ3n) is 3.46. The van der Waals surface area contributed by atoms with E-state index < -0.39 is 0 Å². The Morgan fingerprint density at radius 3 is 3.10 bits per heavy atom. The zero-order chi connectivity index (χ0) is 14.4. The molecular formula is C15H23N3O2. The first-order chi connectivity index (χ1) is 9.70. The van der Waals surface area contributed by atoms with Crippen LogP contribution in [0.4, 0.5) is 5.69 Å². The quantitative estimate of drug-likeness (QED) is 0.896. The van der Waals surface area contributed by atoms with Crippen molar-refractivity contribution in [2.24, 2.45) is 0 Å². The Bertz CT molecular complexity index is 444. The Labute approximate surface area is 120 Å². The molecule has 0 aliphatic carbocycles. The second kappa shape index (κ2) is 7.24. The number of carbonyl (C=O) groups excluding carboxylic acids is 1. The highest BCUT2D eigenvalue weighted by atomic mass is 16.5. The maximum atomic E-state index is 12.4. The summed E-state index contributed by atoms with van der Waals surface area (Å²) >= 11 is 0. The van der Waals surface area contributed by atoms with Gasteiger partial charge in [-0.05, 0) is 38.3 Å². The van der Waals surface area contributed by atoms with Crippen LogP contribution in [-0.4, -0.2) is 48.6 Å². The molecule has 0 spiro atoms. The van der Waals surface area contributed by atoms with E-state index in [4.69, 9.17) is 4.74 Å². The number of hydrogen-bond acceptors (Lipinski definition) is 4. The summed E-state index contributed by atoms with van der Waals surface area (Å²) in [6.45, 7) is 4.28. The summed E-state index contributed by atoms with van der Waals surface area (Å²) in [6, 6.07) is 3.66. The van der Waals surface area contributed by atoms with Crippen molar-refractivity contribution in [3.63, 3.8) is 0 Å². The SMILES string of the molecule is CCNc1ccnc(C(=O)N(C)CC2CCCCO2)c1. The Kier molecular flexibility index (Phi) is 5.35. The van der Waals surface area contributed by atoms with Crippen molar-refractivity contribution in [3.8, 4) is 0 Å². The van der Waals surface area contributed by atoms with E-state index in [2.05, 4.69) is 10.3 Å². The summed E-state index contributed by atoms with van der Waals surface area (Å²) in [6.07, 6.45) is 5.16. The second-order valence-electron chi connectivity index (χ2n) is 5.13. The highest BCUT2D eigenvalue weighted by Crippen LogP contribution is 2.15. The van der Waals surface area contributed by atoms with Crippen LogP contribution in [0.25, 0.3) is 0 Å². The monoisotopic (exact) mass is 277 g/mol. The predicted molar refractivity (Wildman–Crippen MR) is 79.0 cm³/mol. The number of amides is 1. The minimum atomic E-state index is -0.0565. The lowest BCUT2D eigenvalue weighted by atomic mass is 10.1.